The van der Waals surface area contributed by atoms with Crippen molar-refractivity contribution in [3.05, 3.63) is 0 Å². The van der Waals surface area contributed by atoms with Crippen LogP contribution in [0.3, 0.4) is 0 Å². The molecule has 3 atom stereocenters. The van der Waals surface area contributed by atoms with Crippen molar-refractivity contribution in [1.29, 1.82) is 0 Å². The lowest BCUT2D eigenvalue weighted by atomic mass is 9.89. The molecule has 0 aromatic heterocycles. The van der Waals surface area contributed by atoms with Crippen molar-refractivity contribution in [3.63, 3.8) is 0 Å². The van der Waals surface area contributed by atoms with Gasteiger partial charge in [0.1, 0.15) is 12.1 Å². The summed E-state index contributed by atoms with van der Waals surface area (Å²) in [5.74, 6) is 0.187. The van der Waals surface area contributed by atoms with Gasteiger partial charge in [-0.25, -0.2) is 4.79 Å². The quantitative estimate of drug-likeness (QED) is 0.652. The third-order valence-electron chi connectivity index (χ3n) is 3.89. The number of Topliss-reactive ketones (excluding diaryl/α,β-unsaturated/α-hetero) is 1. The Balaban J connectivity index is 2.37. The largest absolute Gasteiger partial charge is 0.444 e. The van der Waals surface area contributed by atoms with Crippen LogP contribution in [0.4, 0.5) is 4.79 Å². The van der Waals surface area contributed by atoms with E-state index in [4.69, 9.17) is 4.74 Å². The lowest BCUT2D eigenvalue weighted by Crippen LogP contribution is -2.41. The molecule has 0 bridgehead atoms. The van der Waals surface area contributed by atoms with E-state index in [9.17, 15) is 9.59 Å². The molecule has 1 heterocycles. The van der Waals surface area contributed by atoms with Crippen LogP contribution in [-0.2, 0) is 9.53 Å². The first-order chi connectivity index (χ1) is 9.10. The maximum Gasteiger partial charge on any atom is 0.408 e. The molecule has 0 aromatic rings. The molecule has 0 spiro atoms. The predicted octanol–water partition coefficient (Wildman–Crippen LogP) is 3.44. The van der Waals surface area contributed by atoms with Gasteiger partial charge in [-0.2, -0.15) is 0 Å². The third-order valence-corrected chi connectivity index (χ3v) is 3.89. The highest BCUT2D eigenvalue weighted by atomic mass is 16.6. The normalized spacial score (nSPS) is 23.8. The van der Waals surface area contributed by atoms with Gasteiger partial charge in [-0.05, 0) is 19.8 Å². The number of unbranched alkanes of at least 4 members (excludes halogenated alkanes) is 4. The van der Waals surface area contributed by atoms with Crippen LogP contribution in [0.25, 0.3) is 0 Å². The van der Waals surface area contributed by atoms with Gasteiger partial charge >= 0.3 is 6.09 Å². The molecule has 1 saturated heterocycles. The summed E-state index contributed by atoms with van der Waals surface area (Å²) in [6.07, 6.45) is 7.01. The Morgan fingerprint density at radius 1 is 1.26 bits per heavy atom. The van der Waals surface area contributed by atoms with Crippen molar-refractivity contribution in [2.45, 2.75) is 77.9 Å². The average Bonchev–Trinajstić information content (AvgIpc) is 2.72. The summed E-state index contributed by atoms with van der Waals surface area (Å²) in [5, 5.41) is 2.62. The molecule has 1 amide bonds. The number of carbonyl (C=O) groups excluding carboxylic acids is 2. The van der Waals surface area contributed by atoms with Crippen LogP contribution in [0.5, 0.6) is 0 Å². The smallest absolute Gasteiger partial charge is 0.408 e. The Bertz CT molecular complexity index is 304. The Morgan fingerprint density at radius 2 is 1.95 bits per heavy atom. The number of carbonyl (C=O) groups is 2. The Labute approximate surface area is 116 Å². The monoisotopic (exact) mass is 269 g/mol. The fraction of sp³-hybridized carbons (Fsp3) is 0.867. The molecule has 1 N–H and O–H groups in total. The van der Waals surface area contributed by atoms with Crippen LogP contribution >= 0.6 is 0 Å². The van der Waals surface area contributed by atoms with Gasteiger partial charge in [0.25, 0.3) is 0 Å². The van der Waals surface area contributed by atoms with Crippen molar-refractivity contribution in [3.8, 4) is 0 Å². The number of nitrogens with one attached hydrogen (secondary N) is 1. The average molecular weight is 269 g/mol. The number of cyclic esters (lactones) is 1. The molecule has 0 radical (unpaired) electrons. The molecule has 110 valence electrons. The molecule has 0 aliphatic carbocycles. The summed E-state index contributed by atoms with van der Waals surface area (Å²) in [5.41, 5.74) is 0. The van der Waals surface area contributed by atoms with Crippen molar-refractivity contribution < 1.29 is 14.3 Å². The van der Waals surface area contributed by atoms with Gasteiger partial charge in [-0.15, -0.1) is 0 Å². The molecule has 1 rings (SSSR count). The fourth-order valence-electron chi connectivity index (χ4n) is 2.61. The maximum atomic E-state index is 12.4. The minimum Gasteiger partial charge on any atom is -0.444 e. The zero-order chi connectivity index (χ0) is 14.3. The lowest BCUT2D eigenvalue weighted by Gasteiger charge is -2.19. The van der Waals surface area contributed by atoms with Crippen molar-refractivity contribution >= 4 is 11.9 Å². The highest BCUT2D eigenvalue weighted by molar-refractivity contribution is 5.91. The van der Waals surface area contributed by atoms with E-state index in [1.54, 1.807) is 6.92 Å². The Morgan fingerprint density at radius 3 is 2.47 bits per heavy atom. The van der Waals surface area contributed by atoms with Gasteiger partial charge in [-0.1, -0.05) is 46.0 Å². The van der Waals surface area contributed by atoms with Gasteiger partial charge < -0.3 is 10.1 Å². The zero-order valence-electron chi connectivity index (χ0n) is 12.4. The number of ether oxygens (including phenoxy) is 1. The van der Waals surface area contributed by atoms with Crippen LogP contribution in [-0.4, -0.2) is 24.0 Å². The molecule has 1 unspecified atom stereocenters. The predicted molar refractivity (Wildman–Crippen MR) is 75.0 cm³/mol. The summed E-state index contributed by atoms with van der Waals surface area (Å²) in [7, 11) is 0. The van der Waals surface area contributed by atoms with E-state index in [0.29, 0.717) is 0 Å². The fourth-order valence-corrected chi connectivity index (χ4v) is 2.61. The minimum atomic E-state index is -0.469. The van der Waals surface area contributed by atoms with Gasteiger partial charge in [0.05, 0.1) is 0 Å². The van der Waals surface area contributed by atoms with Gasteiger partial charge in [-0.3, -0.25) is 4.79 Å². The van der Waals surface area contributed by atoms with Crippen molar-refractivity contribution in [2.24, 2.45) is 5.92 Å². The van der Waals surface area contributed by atoms with E-state index in [-0.39, 0.29) is 17.8 Å². The number of hydrogen-bond acceptors (Lipinski definition) is 3. The topological polar surface area (TPSA) is 55.4 Å². The highest BCUT2D eigenvalue weighted by Gasteiger charge is 2.38. The second kappa shape index (κ2) is 8.18. The summed E-state index contributed by atoms with van der Waals surface area (Å²) >= 11 is 0. The van der Waals surface area contributed by atoms with Crippen molar-refractivity contribution in [1.82, 2.24) is 5.32 Å². The summed E-state index contributed by atoms with van der Waals surface area (Å²) in [4.78, 5) is 23.5. The van der Waals surface area contributed by atoms with Crippen LogP contribution < -0.4 is 5.32 Å². The van der Waals surface area contributed by atoms with Gasteiger partial charge in [0, 0.05) is 5.92 Å². The summed E-state index contributed by atoms with van der Waals surface area (Å²) in [6, 6.07) is -0.451. The highest BCUT2D eigenvalue weighted by Crippen LogP contribution is 2.21. The SMILES string of the molecule is CCCCCCCC(CC)C(=O)[C@@H]1NC(=O)O[C@@H]1C. The Hall–Kier alpha value is -1.06. The molecule has 0 aromatic carbocycles. The molecule has 1 aliphatic rings. The molecule has 19 heavy (non-hydrogen) atoms. The van der Waals surface area contributed by atoms with Gasteiger partial charge in [0.15, 0.2) is 5.78 Å². The second-order valence-corrected chi connectivity index (χ2v) is 5.44. The molecular weight excluding hydrogens is 242 g/mol. The number of amides is 1. The van der Waals surface area contributed by atoms with Gasteiger partial charge in [0.2, 0.25) is 0 Å². The first kappa shape index (κ1) is 16.0. The third kappa shape index (κ3) is 4.84. The van der Waals surface area contributed by atoms with E-state index in [1.807, 2.05) is 6.92 Å². The molecule has 4 nitrogen and oxygen atoms in total. The molecule has 1 fully saturated rings. The van der Waals surface area contributed by atoms with Crippen LogP contribution in [0.1, 0.15) is 65.7 Å². The zero-order valence-corrected chi connectivity index (χ0v) is 12.4. The lowest BCUT2D eigenvalue weighted by molar-refractivity contribution is -0.125. The van der Waals surface area contributed by atoms with Crippen LogP contribution in [0.15, 0.2) is 0 Å². The van der Waals surface area contributed by atoms with E-state index in [2.05, 4.69) is 12.2 Å². The second-order valence-electron chi connectivity index (χ2n) is 5.44. The molecule has 4 heteroatoms. The van der Waals surface area contributed by atoms with E-state index >= 15 is 0 Å². The maximum absolute atomic E-state index is 12.4. The summed E-state index contributed by atoms with van der Waals surface area (Å²) < 4.78 is 4.98. The van der Waals surface area contributed by atoms with Crippen molar-refractivity contribution in [2.75, 3.05) is 0 Å². The Kier molecular flexibility index (Phi) is 6.89. The summed E-state index contributed by atoms with van der Waals surface area (Å²) in [6.45, 7) is 6.01. The van der Waals surface area contributed by atoms with E-state index in [1.165, 1.54) is 25.7 Å². The number of hydrogen-bond donors (Lipinski definition) is 1. The number of ketones is 1. The standard InChI is InChI=1S/C15H27NO3/c1-4-6-7-8-9-10-12(5-2)14(17)13-11(3)19-15(18)16-13/h11-13H,4-10H2,1-3H3,(H,16,18)/t11-,12?,13-/m1/s1. The molecule has 0 saturated carbocycles. The van der Waals surface area contributed by atoms with E-state index in [0.717, 1.165) is 19.3 Å². The first-order valence-corrected chi connectivity index (χ1v) is 7.61. The van der Waals surface area contributed by atoms with E-state index < -0.39 is 12.1 Å². The molecule has 1 aliphatic heterocycles. The number of rotatable bonds is 9. The first-order valence-electron chi connectivity index (χ1n) is 7.61. The minimum absolute atomic E-state index is 0.0519. The molecular formula is C15H27NO3. The van der Waals surface area contributed by atoms with Crippen LogP contribution in [0, 0.1) is 5.92 Å². The van der Waals surface area contributed by atoms with Crippen LogP contribution in [0.2, 0.25) is 0 Å². The number of alkyl carbamates (subject to hydrolysis) is 1.